The van der Waals surface area contributed by atoms with Crippen molar-refractivity contribution in [1.82, 2.24) is 4.90 Å². The Bertz CT molecular complexity index is 413. The summed E-state index contributed by atoms with van der Waals surface area (Å²) in [6.07, 6.45) is 3.42. The van der Waals surface area contributed by atoms with Crippen LogP contribution in [0.5, 0.6) is 11.5 Å². The molecule has 3 heteroatoms. The second-order valence-electron chi connectivity index (χ2n) is 5.37. The molecule has 0 radical (unpaired) electrons. The first-order chi connectivity index (χ1) is 9.80. The van der Waals surface area contributed by atoms with Gasteiger partial charge < -0.3 is 9.47 Å². The van der Waals surface area contributed by atoms with Gasteiger partial charge in [0.05, 0.1) is 6.61 Å². The summed E-state index contributed by atoms with van der Waals surface area (Å²) in [6.45, 7) is 10.3. The summed E-state index contributed by atoms with van der Waals surface area (Å²) in [7, 11) is 0. The molecule has 1 aliphatic heterocycles. The molecule has 2 rings (SSSR count). The van der Waals surface area contributed by atoms with Gasteiger partial charge in [-0.15, -0.1) is 0 Å². The lowest BCUT2D eigenvalue weighted by molar-refractivity contribution is 0.117. The van der Waals surface area contributed by atoms with Gasteiger partial charge in [-0.2, -0.15) is 0 Å². The Morgan fingerprint density at radius 2 is 1.95 bits per heavy atom. The molecule has 0 bridgehead atoms. The molecule has 112 valence electrons. The van der Waals surface area contributed by atoms with Crippen molar-refractivity contribution in [1.29, 1.82) is 0 Å². The van der Waals surface area contributed by atoms with E-state index >= 15 is 0 Å². The van der Waals surface area contributed by atoms with Crippen molar-refractivity contribution >= 4 is 0 Å². The van der Waals surface area contributed by atoms with Gasteiger partial charge in [0, 0.05) is 11.6 Å². The first-order valence-electron chi connectivity index (χ1n) is 7.91. The fraction of sp³-hybridized carbons (Fsp3) is 0.647. The van der Waals surface area contributed by atoms with Crippen LogP contribution in [-0.4, -0.2) is 37.2 Å². The molecule has 0 aliphatic carbocycles. The average Bonchev–Trinajstić information content (AvgIpc) is 2.47. The summed E-state index contributed by atoms with van der Waals surface area (Å²) >= 11 is 0. The van der Waals surface area contributed by atoms with Crippen LogP contribution >= 0.6 is 0 Å². The van der Waals surface area contributed by atoms with Crippen molar-refractivity contribution in [3.8, 4) is 11.5 Å². The lowest BCUT2D eigenvalue weighted by atomic mass is 10.00. The second kappa shape index (κ2) is 7.53. The number of hydrogen-bond donors (Lipinski definition) is 0. The van der Waals surface area contributed by atoms with E-state index in [1.54, 1.807) is 0 Å². The Hall–Kier alpha value is -1.22. The maximum absolute atomic E-state index is 5.98. The lowest BCUT2D eigenvalue weighted by Gasteiger charge is -2.35. The molecule has 1 atom stereocenters. The van der Waals surface area contributed by atoms with Gasteiger partial charge in [-0.3, -0.25) is 4.90 Å². The highest BCUT2D eigenvalue weighted by molar-refractivity contribution is 5.46. The predicted octanol–water partition coefficient (Wildman–Crippen LogP) is 3.51. The van der Waals surface area contributed by atoms with E-state index in [0.717, 1.165) is 37.6 Å². The summed E-state index contributed by atoms with van der Waals surface area (Å²) in [5.41, 5.74) is 1.24. The van der Waals surface area contributed by atoms with E-state index in [1.807, 2.05) is 13.0 Å². The number of nitrogens with zero attached hydrogens (tertiary/aromatic N) is 1. The molecular weight excluding hydrogens is 250 g/mol. The standard InChI is InChI=1S/C17H27NO2/c1-4-10-18(11-5-2)14-12-15-16(19-6-3)8-7-9-17(15)20-13-14/h7-9,14H,4-6,10-13H2,1-3H3. The normalized spacial score (nSPS) is 17.7. The molecule has 3 nitrogen and oxygen atoms in total. The quantitative estimate of drug-likeness (QED) is 0.761. The largest absolute Gasteiger partial charge is 0.493 e. The summed E-state index contributed by atoms with van der Waals surface area (Å²) in [5.74, 6) is 1.99. The molecule has 0 saturated carbocycles. The van der Waals surface area contributed by atoms with Crippen molar-refractivity contribution in [3.63, 3.8) is 0 Å². The Morgan fingerprint density at radius 3 is 2.60 bits per heavy atom. The summed E-state index contributed by atoms with van der Waals surface area (Å²) in [6, 6.07) is 6.60. The van der Waals surface area contributed by atoms with Gasteiger partial charge in [0.2, 0.25) is 0 Å². The molecular formula is C17H27NO2. The molecule has 1 aromatic carbocycles. The highest BCUT2D eigenvalue weighted by Gasteiger charge is 2.26. The third-order valence-electron chi connectivity index (χ3n) is 3.80. The number of rotatable bonds is 7. The minimum Gasteiger partial charge on any atom is -0.493 e. The fourth-order valence-electron chi connectivity index (χ4n) is 2.94. The molecule has 1 heterocycles. The second-order valence-corrected chi connectivity index (χ2v) is 5.37. The number of hydrogen-bond acceptors (Lipinski definition) is 3. The highest BCUT2D eigenvalue weighted by Crippen LogP contribution is 2.34. The minimum absolute atomic E-state index is 0.476. The van der Waals surface area contributed by atoms with Crippen molar-refractivity contribution in [2.75, 3.05) is 26.3 Å². The van der Waals surface area contributed by atoms with Crippen LogP contribution in [0.2, 0.25) is 0 Å². The van der Waals surface area contributed by atoms with Gasteiger partial charge >= 0.3 is 0 Å². The van der Waals surface area contributed by atoms with E-state index in [0.29, 0.717) is 12.6 Å². The molecule has 1 aliphatic rings. The Morgan fingerprint density at radius 1 is 1.20 bits per heavy atom. The lowest BCUT2D eigenvalue weighted by Crippen LogP contribution is -2.44. The van der Waals surface area contributed by atoms with Crippen molar-refractivity contribution < 1.29 is 9.47 Å². The maximum Gasteiger partial charge on any atom is 0.126 e. The first-order valence-corrected chi connectivity index (χ1v) is 7.91. The molecule has 0 fully saturated rings. The van der Waals surface area contributed by atoms with Crippen LogP contribution < -0.4 is 9.47 Å². The first kappa shape index (κ1) is 15.2. The molecule has 1 aromatic rings. The molecule has 0 saturated heterocycles. The van der Waals surface area contributed by atoms with E-state index < -0.39 is 0 Å². The fourth-order valence-corrected chi connectivity index (χ4v) is 2.94. The zero-order valence-electron chi connectivity index (χ0n) is 13.0. The monoisotopic (exact) mass is 277 g/mol. The molecule has 0 aromatic heterocycles. The van der Waals surface area contributed by atoms with Crippen LogP contribution in [0.15, 0.2) is 18.2 Å². The molecule has 20 heavy (non-hydrogen) atoms. The SMILES string of the molecule is CCCN(CCC)C1COc2cccc(OCC)c2C1. The third kappa shape index (κ3) is 3.45. The van der Waals surface area contributed by atoms with Crippen LogP contribution in [-0.2, 0) is 6.42 Å². The van der Waals surface area contributed by atoms with Crippen LogP contribution in [0.3, 0.4) is 0 Å². The van der Waals surface area contributed by atoms with Gasteiger partial charge in [0.15, 0.2) is 0 Å². The molecule has 1 unspecified atom stereocenters. The van der Waals surface area contributed by atoms with Crippen LogP contribution in [0, 0.1) is 0 Å². The van der Waals surface area contributed by atoms with E-state index in [4.69, 9.17) is 9.47 Å². The summed E-state index contributed by atoms with van der Waals surface area (Å²) < 4.78 is 11.7. The maximum atomic E-state index is 5.98. The van der Waals surface area contributed by atoms with Gasteiger partial charge in [0.1, 0.15) is 18.1 Å². The predicted molar refractivity (Wildman–Crippen MR) is 82.8 cm³/mol. The van der Waals surface area contributed by atoms with Gasteiger partial charge in [0.25, 0.3) is 0 Å². The zero-order valence-corrected chi connectivity index (χ0v) is 13.0. The van der Waals surface area contributed by atoms with Crippen LogP contribution in [0.25, 0.3) is 0 Å². The van der Waals surface area contributed by atoms with Gasteiger partial charge in [-0.25, -0.2) is 0 Å². The average molecular weight is 277 g/mol. The number of ether oxygens (including phenoxy) is 2. The highest BCUT2D eigenvalue weighted by atomic mass is 16.5. The molecule has 0 N–H and O–H groups in total. The van der Waals surface area contributed by atoms with Crippen molar-refractivity contribution in [2.24, 2.45) is 0 Å². The van der Waals surface area contributed by atoms with E-state index in [2.05, 4.69) is 30.9 Å². The Labute approximate surface area is 122 Å². The van der Waals surface area contributed by atoms with Gasteiger partial charge in [-0.1, -0.05) is 19.9 Å². The summed E-state index contributed by atoms with van der Waals surface area (Å²) in [4.78, 5) is 2.56. The van der Waals surface area contributed by atoms with Crippen molar-refractivity contribution in [2.45, 2.75) is 46.1 Å². The Kier molecular flexibility index (Phi) is 5.72. The smallest absolute Gasteiger partial charge is 0.126 e. The van der Waals surface area contributed by atoms with E-state index in [-0.39, 0.29) is 0 Å². The van der Waals surface area contributed by atoms with Gasteiger partial charge in [-0.05, 0) is 51.4 Å². The van der Waals surface area contributed by atoms with Crippen LogP contribution in [0.1, 0.15) is 39.2 Å². The van der Waals surface area contributed by atoms with Crippen LogP contribution in [0.4, 0.5) is 0 Å². The van der Waals surface area contributed by atoms with E-state index in [1.165, 1.54) is 18.4 Å². The Balaban J connectivity index is 2.15. The topological polar surface area (TPSA) is 21.7 Å². The number of fused-ring (bicyclic) bond motifs is 1. The van der Waals surface area contributed by atoms with Crippen molar-refractivity contribution in [3.05, 3.63) is 23.8 Å². The van der Waals surface area contributed by atoms with E-state index in [9.17, 15) is 0 Å². The summed E-state index contributed by atoms with van der Waals surface area (Å²) in [5, 5.41) is 0. The minimum atomic E-state index is 0.476. The zero-order chi connectivity index (χ0) is 14.4. The number of benzene rings is 1. The molecule has 0 spiro atoms. The molecule has 0 amide bonds. The third-order valence-corrected chi connectivity index (χ3v) is 3.80.